The first kappa shape index (κ1) is 31.7. The van der Waals surface area contributed by atoms with Crippen LogP contribution < -0.4 is 9.47 Å². The highest BCUT2D eigenvalue weighted by Crippen LogP contribution is 2.22. The van der Waals surface area contributed by atoms with Crippen LogP contribution in [0, 0.1) is 11.3 Å². The SMILES string of the molecule is C=CC(=O)OCCCCCCOc1ccc(C(C#N)=Cc2ccc(OCCCCCCCCCC)cc2)cc1. The summed E-state index contributed by atoms with van der Waals surface area (Å²) in [6, 6.07) is 17.9. The van der Waals surface area contributed by atoms with E-state index < -0.39 is 0 Å². The van der Waals surface area contributed by atoms with E-state index in [0.29, 0.717) is 18.8 Å². The molecule has 0 aromatic heterocycles. The van der Waals surface area contributed by atoms with Gasteiger partial charge >= 0.3 is 5.97 Å². The minimum Gasteiger partial charge on any atom is -0.494 e. The second-order valence-corrected chi connectivity index (χ2v) is 9.72. The molecule has 0 N–H and O–H groups in total. The topological polar surface area (TPSA) is 68.5 Å². The Hall–Kier alpha value is -3.52. The van der Waals surface area contributed by atoms with Crippen molar-refractivity contribution in [3.05, 3.63) is 72.3 Å². The minimum absolute atomic E-state index is 0.372. The number of carbonyl (C=O) groups is 1. The summed E-state index contributed by atoms with van der Waals surface area (Å²) >= 11 is 0. The van der Waals surface area contributed by atoms with Crippen LogP contribution in [0.3, 0.4) is 0 Å². The van der Waals surface area contributed by atoms with E-state index in [1.807, 2.05) is 54.6 Å². The molecule has 2 aromatic carbocycles. The molecule has 0 radical (unpaired) electrons. The number of esters is 1. The fourth-order valence-corrected chi connectivity index (χ4v) is 4.14. The summed E-state index contributed by atoms with van der Waals surface area (Å²) in [5, 5.41) is 9.71. The molecule has 0 aliphatic rings. The largest absolute Gasteiger partial charge is 0.494 e. The zero-order valence-corrected chi connectivity index (χ0v) is 23.7. The highest BCUT2D eigenvalue weighted by molar-refractivity contribution is 5.89. The van der Waals surface area contributed by atoms with Crippen molar-refractivity contribution in [1.29, 1.82) is 5.26 Å². The van der Waals surface area contributed by atoms with Crippen LogP contribution in [0.25, 0.3) is 11.6 Å². The van der Waals surface area contributed by atoms with Gasteiger partial charge in [0.1, 0.15) is 11.5 Å². The molecule has 0 unspecified atom stereocenters. The third kappa shape index (κ3) is 14.3. The second kappa shape index (κ2) is 20.4. The van der Waals surface area contributed by atoms with Crippen LogP contribution in [-0.4, -0.2) is 25.8 Å². The maximum Gasteiger partial charge on any atom is 0.330 e. The number of hydrogen-bond acceptors (Lipinski definition) is 5. The number of unbranched alkanes of at least 4 members (excludes halogenated alkanes) is 10. The minimum atomic E-state index is -0.372. The molecule has 0 saturated heterocycles. The molecule has 5 nitrogen and oxygen atoms in total. The Bertz CT molecular complexity index is 1020. The molecule has 0 spiro atoms. The summed E-state index contributed by atoms with van der Waals surface area (Å²) in [5.41, 5.74) is 2.42. The van der Waals surface area contributed by atoms with Gasteiger partial charge in [-0.05, 0) is 85.7 Å². The Morgan fingerprint density at radius 1 is 0.744 bits per heavy atom. The quantitative estimate of drug-likeness (QED) is 0.0529. The van der Waals surface area contributed by atoms with Crippen molar-refractivity contribution in [3.63, 3.8) is 0 Å². The molecule has 0 aliphatic carbocycles. The maximum absolute atomic E-state index is 11.0. The van der Waals surface area contributed by atoms with Crippen LogP contribution in [0.5, 0.6) is 11.5 Å². The van der Waals surface area contributed by atoms with Crippen LogP contribution >= 0.6 is 0 Å². The van der Waals surface area contributed by atoms with Gasteiger partial charge < -0.3 is 14.2 Å². The molecule has 0 aliphatic heterocycles. The fourth-order valence-electron chi connectivity index (χ4n) is 4.14. The van der Waals surface area contributed by atoms with E-state index in [4.69, 9.17) is 14.2 Å². The molecule has 0 bridgehead atoms. The van der Waals surface area contributed by atoms with Gasteiger partial charge in [-0.1, -0.05) is 70.6 Å². The van der Waals surface area contributed by atoms with Gasteiger partial charge in [0.25, 0.3) is 0 Å². The van der Waals surface area contributed by atoms with Crippen molar-refractivity contribution >= 4 is 17.6 Å². The summed E-state index contributed by atoms with van der Waals surface area (Å²) in [5.74, 6) is 1.28. The number of allylic oxidation sites excluding steroid dienone is 1. The third-order valence-corrected chi connectivity index (χ3v) is 6.46. The van der Waals surface area contributed by atoms with Crippen LogP contribution in [-0.2, 0) is 9.53 Å². The summed E-state index contributed by atoms with van der Waals surface area (Å²) < 4.78 is 16.7. The van der Waals surface area contributed by atoms with Gasteiger partial charge in [0.2, 0.25) is 0 Å². The third-order valence-electron chi connectivity index (χ3n) is 6.46. The van der Waals surface area contributed by atoms with Crippen molar-refractivity contribution in [3.8, 4) is 17.6 Å². The first-order valence-electron chi connectivity index (χ1n) is 14.5. The summed E-state index contributed by atoms with van der Waals surface area (Å²) in [4.78, 5) is 11.0. The van der Waals surface area contributed by atoms with Crippen molar-refractivity contribution in [2.75, 3.05) is 19.8 Å². The van der Waals surface area contributed by atoms with Gasteiger partial charge in [-0.2, -0.15) is 5.26 Å². The first-order chi connectivity index (χ1) is 19.2. The normalized spacial score (nSPS) is 11.0. The summed E-state index contributed by atoms with van der Waals surface area (Å²) in [7, 11) is 0. The Balaban J connectivity index is 1.68. The zero-order chi connectivity index (χ0) is 28.0. The molecule has 2 aromatic rings. The smallest absolute Gasteiger partial charge is 0.330 e. The Morgan fingerprint density at radius 2 is 1.23 bits per heavy atom. The molecule has 0 saturated carbocycles. The second-order valence-electron chi connectivity index (χ2n) is 9.72. The molecule has 2 rings (SSSR count). The maximum atomic E-state index is 11.0. The number of carbonyl (C=O) groups excluding carboxylic acids is 1. The van der Waals surface area contributed by atoms with Gasteiger partial charge in [-0.15, -0.1) is 0 Å². The Morgan fingerprint density at radius 3 is 1.74 bits per heavy atom. The molecule has 39 heavy (non-hydrogen) atoms. The zero-order valence-electron chi connectivity index (χ0n) is 23.7. The standard InChI is InChI=1S/C34H45NO4/c1-3-5-6-7-8-9-10-13-24-37-32-20-16-29(17-21-32)27-31(28-35)30-18-22-33(23-19-30)38-25-14-11-12-15-26-39-34(36)4-2/h4,16-23,27H,2-3,5-15,24-26H2,1H3. The van der Waals surface area contributed by atoms with Crippen LogP contribution in [0.4, 0.5) is 0 Å². The number of benzene rings is 2. The number of ether oxygens (including phenoxy) is 3. The summed E-state index contributed by atoms with van der Waals surface area (Å²) in [6.07, 6.45) is 17.1. The van der Waals surface area contributed by atoms with Crippen molar-refractivity contribution in [2.24, 2.45) is 0 Å². The number of nitriles is 1. The van der Waals surface area contributed by atoms with E-state index in [1.54, 1.807) is 0 Å². The van der Waals surface area contributed by atoms with E-state index >= 15 is 0 Å². The van der Waals surface area contributed by atoms with Crippen molar-refractivity contribution < 1.29 is 19.0 Å². The van der Waals surface area contributed by atoms with Gasteiger partial charge in [0.05, 0.1) is 31.5 Å². The lowest BCUT2D eigenvalue weighted by Crippen LogP contribution is -2.02. The fraction of sp³-hybridized carbons (Fsp3) is 0.471. The van der Waals surface area contributed by atoms with Gasteiger partial charge in [-0.25, -0.2) is 4.79 Å². The van der Waals surface area contributed by atoms with E-state index in [9.17, 15) is 10.1 Å². The molecule has 210 valence electrons. The van der Waals surface area contributed by atoms with E-state index in [0.717, 1.165) is 61.3 Å². The predicted octanol–water partition coefficient (Wildman–Crippen LogP) is 8.94. The Kier molecular flexibility index (Phi) is 16.6. The van der Waals surface area contributed by atoms with Crippen LogP contribution in [0.15, 0.2) is 61.2 Å². The molecular formula is C34H45NO4. The lowest BCUT2D eigenvalue weighted by molar-refractivity contribution is -0.137. The molecular weight excluding hydrogens is 486 g/mol. The highest BCUT2D eigenvalue weighted by atomic mass is 16.5. The number of nitrogens with zero attached hydrogens (tertiary/aromatic N) is 1. The van der Waals surface area contributed by atoms with Crippen molar-refractivity contribution in [1.82, 2.24) is 0 Å². The van der Waals surface area contributed by atoms with Crippen LogP contribution in [0.1, 0.15) is 95.1 Å². The predicted molar refractivity (Wildman–Crippen MR) is 160 cm³/mol. The average Bonchev–Trinajstić information content (AvgIpc) is 2.97. The van der Waals surface area contributed by atoms with E-state index in [-0.39, 0.29) is 5.97 Å². The van der Waals surface area contributed by atoms with Crippen LogP contribution in [0.2, 0.25) is 0 Å². The Labute approximate surface area is 235 Å². The van der Waals surface area contributed by atoms with Gasteiger partial charge in [-0.3, -0.25) is 0 Å². The van der Waals surface area contributed by atoms with Gasteiger partial charge in [0, 0.05) is 6.08 Å². The van der Waals surface area contributed by atoms with Crippen molar-refractivity contribution in [2.45, 2.75) is 84.0 Å². The average molecular weight is 532 g/mol. The molecule has 0 atom stereocenters. The van der Waals surface area contributed by atoms with E-state index in [1.165, 1.54) is 51.0 Å². The molecule has 5 heteroatoms. The molecule has 0 amide bonds. The monoisotopic (exact) mass is 531 g/mol. The lowest BCUT2D eigenvalue weighted by atomic mass is 10.0. The lowest BCUT2D eigenvalue weighted by Gasteiger charge is -2.08. The van der Waals surface area contributed by atoms with E-state index in [2.05, 4.69) is 19.6 Å². The molecule has 0 heterocycles. The highest BCUT2D eigenvalue weighted by Gasteiger charge is 2.04. The summed E-state index contributed by atoms with van der Waals surface area (Å²) in [6.45, 7) is 7.43. The number of rotatable bonds is 21. The first-order valence-corrected chi connectivity index (χ1v) is 14.5. The molecule has 0 fully saturated rings. The number of hydrogen-bond donors (Lipinski definition) is 0. The van der Waals surface area contributed by atoms with Gasteiger partial charge in [0.15, 0.2) is 0 Å².